The van der Waals surface area contributed by atoms with E-state index in [-0.39, 0.29) is 5.82 Å². The Morgan fingerprint density at radius 1 is 1.54 bits per heavy atom. The Balaban J connectivity index is 2.74. The van der Waals surface area contributed by atoms with Gasteiger partial charge in [0.2, 0.25) is 5.82 Å². The second kappa shape index (κ2) is 4.39. The first-order chi connectivity index (χ1) is 6.27. The van der Waals surface area contributed by atoms with Gasteiger partial charge < -0.3 is 10.1 Å². The van der Waals surface area contributed by atoms with Crippen LogP contribution >= 0.6 is 0 Å². The number of carbonyl (C=O) groups is 1. The summed E-state index contributed by atoms with van der Waals surface area (Å²) < 4.78 is 4.72. The van der Waals surface area contributed by atoms with Gasteiger partial charge in [0, 0.05) is 7.05 Å². The minimum absolute atomic E-state index is 0.0841. The van der Waals surface area contributed by atoms with E-state index in [1.165, 1.54) is 12.4 Å². The molecule has 0 aliphatic heterocycles. The van der Waals surface area contributed by atoms with Crippen LogP contribution < -0.4 is 5.32 Å². The summed E-state index contributed by atoms with van der Waals surface area (Å²) in [4.78, 5) is 18.7. The highest BCUT2D eigenvalue weighted by molar-refractivity contribution is 5.85. The molecule has 0 amide bonds. The number of hydrogen-bond acceptors (Lipinski definition) is 5. The first kappa shape index (κ1) is 9.44. The second-order valence-electron chi connectivity index (χ2n) is 2.27. The number of nitrogens with one attached hydrogen (secondary N) is 1. The lowest BCUT2D eigenvalue weighted by Crippen LogP contribution is -2.09. The SMILES string of the molecule is CCOC(=O)c1ncc(NC)cn1. The smallest absolute Gasteiger partial charge is 0.376 e. The van der Waals surface area contributed by atoms with Crippen LogP contribution in [0.15, 0.2) is 12.4 Å². The van der Waals surface area contributed by atoms with Gasteiger partial charge in [0.1, 0.15) is 0 Å². The molecule has 70 valence electrons. The molecule has 0 radical (unpaired) electrons. The molecule has 0 bridgehead atoms. The average Bonchev–Trinajstić information content (AvgIpc) is 2.18. The van der Waals surface area contributed by atoms with Crippen molar-refractivity contribution in [1.29, 1.82) is 0 Å². The van der Waals surface area contributed by atoms with E-state index in [1.807, 2.05) is 0 Å². The summed E-state index contributed by atoms with van der Waals surface area (Å²) in [6.07, 6.45) is 3.05. The number of nitrogens with zero attached hydrogens (tertiary/aromatic N) is 2. The molecule has 0 fully saturated rings. The van der Waals surface area contributed by atoms with Crippen LogP contribution in [0.4, 0.5) is 5.69 Å². The summed E-state index contributed by atoms with van der Waals surface area (Å²) in [5, 5.41) is 2.85. The Kier molecular flexibility index (Phi) is 3.19. The van der Waals surface area contributed by atoms with Crippen molar-refractivity contribution in [3.63, 3.8) is 0 Å². The molecular formula is C8H11N3O2. The molecule has 1 aromatic rings. The van der Waals surface area contributed by atoms with Crippen molar-refractivity contribution in [1.82, 2.24) is 9.97 Å². The summed E-state index contributed by atoms with van der Waals surface area (Å²) in [5.74, 6) is -0.411. The predicted octanol–water partition coefficient (Wildman–Crippen LogP) is 0.695. The summed E-state index contributed by atoms with van der Waals surface area (Å²) >= 11 is 0. The third-order valence-corrected chi connectivity index (χ3v) is 1.40. The van der Waals surface area contributed by atoms with Gasteiger partial charge in [0.25, 0.3) is 0 Å². The molecule has 0 unspecified atom stereocenters. The van der Waals surface area contributed by atoms with Crippen molar-refractivity contribution < 1.29 is 9.53 Å². The summed E-state index contributed by atoms with van der Waals surface area (Å²) in [7, 11) is 1.75. The molecule has 5 nitrogen and oxygen atoms in total. The fraction of sp³-hybridized carbons (Fsp3) is 0.375. The highest BCUT2D eigenvalue weighted by Gasteiger charge is 2.08. The minimum Gasteiger partial charge on any atom is -0.460 e. The van der Waals surface area contributed by atoms with Gasteiger partial charge in [-0.15, -0.1) is 0 Å². The first-order valence-corrected chi connectivity index (χ1v) is 3.94. The fourth-order valence-electron chi connectivity index (χ4n) is 0.758. The Labute approximate surface area is 76.2 Å². The third-order valence-electron chi connectivity index (χ3n) is 1.40. The lowest BCUT2D eigenvalue weighted by molar-refractivity contribution is 0.0512. The van der Waals surface area contributed by atoms with Gasteiger partial charge in [-0.05, 0) is 6.92 Å². The number of ether oxygens (including phenoxy) is 1. The highest BCUT2D eigenvalue weighted by Crippen LogP contribution is 2.01. The summed E-state index contributed by atoms with van der Waals surface area (Å²) in [6, 6.07) is 0. The number of hydrogen-bond donors (Lipinski definition) is 1. The molecular weight excluding hydrogens is 170 g/mol. The molecule has 0 aromatic carbocycles. The summed E-state index contributed by atoms with van der Waals surface area (Å²) in [6.45, 7) is 2.07. The zero-order valence-electron chi connectivity index (χ0n) is 7.57. The molecule has 0 aliphatic rings. The van der Waals surface area contributed by atoms with Crippen LogP contribution in [0, 0.1) is 0 Å². The van der Waals surface area contributed by atoms with E-state index in [9.17, 15) is 4.79 Å². The molecule has 1 rings (SSSR count). The van der Waals surface area contributed by atoms with Crippen LogP contribution in [0.5, 0.6) is 0 Å². The van der Waals surface area contributed by atoms with Gasteiger partial charge in [0.05, 0.1) is 24.7 Å². The lowest BCUT2D eigenvalue weighted by Gasteiger charge is -2.00. The minimum atomic E-state index is -0.495. The largest absolute Gasteiger partial charge is 0.460 e. The molecule has 1 heterocycles. The zero-order valence-corrected chi connectivity index (χ0v) is 7.57. The first-order valence-electron chi connectivity index (χ1n) is 3.94. The topological polar surface area (TPSA) is 64.1 Å². The fourth-order valence-corrected chi connectivity index (χ4v) is 0.758. The van der Waals surface area contributed by atoms with Crippen LogP contribution in [-0.2, 0) is 4.74 Å². The van der Waals surface area contributed by atoms with Gasteiger partial charge >= 0.3 is 5.97 Å². The van der Waals surface area contributed by atoms with E-state index >= 15 is 0 Å². The van der Waals surface area contributed by atoms with Gasteiger partial charge in [0.15, 0.2) is 0 Å². The standard InChI is InChI=1S/C8H11N3O2/c1-3-13-8(12)7-10-4-6(9-2)5-11-7/h4-5,9H,3H2,1-2H3. The Bertz CT molecular complexity index is 284. The van der Waals surface area contributed by atoms with Crippen molar-refractivity contribution in [2.24, 2.45) is 0 Å². The Morgan fingerprint density at radius 2 is 2.15 bits per heavy atom. The molecule has 0 atom stereocenters. The van der Waals surface area contributed by atoms with Crippen molar-refractivity contribution in [3.05, 3.63) is 18.2 Å². The van der Waals surface area contributed by atoms with Crippen LogP contribution in [0.2, 0.25) is 0 Å². The maximum absolute atomic E-state index is 11.1. The van der Waals surface area contributed by atoms with Gasteiger partial charge in [-0.2, -0.15) is 0 Å². The number of carbonyl (C=O) groups excluding carboxylic acids is 1. The average molecular weight is 181 g/mol. The Hall–Kier alpha value is -1.65. The van der Waals surface area contributed by atoms with Crippen molar-refractivity contribution >= 4 is 11.7 Å². The van der Waals surface area contributed by atoms with Gasteiger partial charge in [-0.25, -0.2) is 14.8 Å². The van der Waals surface area contributed by atoms with Crippen LogP contribution in [-0.4, -0.2) is 29.6 Å². The zero-order chi connectivity index (χ0) is 9.68. The number of aromatic nitrogens is 2. The second-order valence-corrected chi connectivity index (χ2v) is 2.27. The van der Waals surface area contributed by atoms with Crippen LogP contribution in [0.3, 0.4) is 0 Å². The van der Waals surface area contributed by atoms with E-state index < -0.39 is 5.97 Å². The molecule has 1 aromatic heterocycles. The monoisotopic (exact) mass is 181 g/mol. The van der Waals surface area contributed by atoms with E-state index in [0.717, 1.165) is 5.69 Å². The third kappa shape index (κ3) is 2.40. The quantitative estimate of drug-likeness (QED) is 0.695. The molecule has 0 saturated carbocycles. The van der Waals surface area contributed by atoms with Gasteiger partial charge in [-0.1, -0.05) is 0 Å². The highest BCUT2D eigenvalue weighted by atomic mass is 16.5. The summed E-state index contributed by atoms with van der Waals surface area (Å²) in [5.41, 5.74) is 0.757. The Morgan fingerprint density at radius 3 is 2.62 bits per heavy atom. The molecule has 0 spiro atoms. The maximum atomic E-state index is 11.1. The molecule has 1 N–H and O–H groups in total. The predicted molar refractivity (Wildman–Crippen MR) is 47.5 cm³/mol. The maximum Gasteiger partial charge on any atom is 0.376 e. The molecule has 13 heavy (non-hydrogen) atoms. The van der Waals surface area contributed by atoms with E-state index in [0.29, 0.717) is 6.61 Å². The number of anilines is 1. The molecule has 5 heteroatoms. The number of rotatable bonds is 3. The van der Waals surface area contributed by atoms with E-state index in [4.69, 9.17) is 4.74 Å². The lowest BCUT2D eigenvalue weighted by atomic mass is 10.5. The van der Waals surface area contributed by atoms with Crippen molar-refractivity contribution in [2.75, 3.05) is 19.0 Å². The number of esters is 1. The van der Waals surface area contributed by atoms with Crippen molar-refractivity contribution in [2.45, 2.75) is 6.92 Å². The van der Waals surface area contributed by atoms with Crippen LogP contribution in [0.1, 0.15) is 17.5 Å². The van der Waals surface area contributed by atoms with Crippen LogP contribution in [0.25, 0.3) is 0 Å². The van der Waals surface area contributed by atoms with Crippen molar-refractivity contribution in [3.8, 4) is 0 Å². The van der Waals surface area contributed by atoms with E-state index in [1.54, 1.807) is 14.0 Å². The van der Waals surface area contributed by atoms with Gasteiger partial charge in [-0.3, -0.25) is 0 Å². The normalized spacial score (nSPS) is 9.38. The molecule has 0 saturated heterocycles. The molecule has 0 aliphatic carbocycles. The van der Waals surface area contributed by atoms with E-state index in [2.05, 4.69) is 15.3 Å².